The SMILES string of the molecule is C=CC(=O)OCCCC.COc1ccc(Br)cc1. The molecule has 0 saturated heterocycles. The predicted octanol–water partition coefficient (Wildman–Crippen LogP) is 3.97. The molecule has 18 heavy (non-hydrogen) atoms. The largest absolute Gasteiger partial charge is 0.497 e. The highest BCUT2D eigenvalue weighted by molar-refractivity contribution is 9.10. The lowest BCUT2D eigenvalue weighted by Crippen LogP contribution is -2.00. The summed E-state index contributed by atoms with van der Waals surface area (Å²) >= 11 is 3.32. The van der Waals surface area contributed by atoms with Crippen molar-refractivity contribution >= 4 is 21.9 Å². The van der Waals surface area contributed by atoms with Gasteiger partial charge in [-0.3, -0.25) is 0 Å². The molecule has 0 fully saturated rings. The maximum atomic E-state index is 10.3. The van der Waals surface area contributed by atoms with Gasteiger partial charge in [0, 0.05) is 10.5 Å². The zero-order chi connectivity index (χ0) is 13.8. The Morgan fingerprint density at radius 1 is 1.39 bits per heavy atom. The van der Waals surface area contributed by atoms with Crippen LogP contribution in [0, 0.1) is 0 Å². The van der Waals surface area contributed by atoms with E-state index in [0.29, 0.717) is 6.61 Å². The molecule has 0 aromatic heterocycles. The van der Waals surface area contributed by atoms with Gasteiger partial charge in [-0.1, -0.05) is 35.9 Å². The normalized spacial score (nSPS) is 8.83. The Bertz CT molecular complexity index is 347. The molecule has 1 rings (SSSR count). The van der Waals surface area contributed by atoms with Gasteiger partial charge in [0.15, 0.2) is 0 Å². The third kappa shape index (κ3) is 8.82. The van der Waals surface area contributed by atoms with E-state index >= 15 is 0 Å². The van der Waals surface area contributed by atoms with Gasteiger partial charge in [0.2, 0.25) is 0 Å². The highest BCUT2D eigenvalue weighted by Crippen LogP contribution is 2.14. The number of esters is 1. The Balaban J connectivity index is 0.000000321. The van der Waals surface area contributed by atoms with Gasteiger partial charge in [0.05, 0.1) is 13.7 Å². The molecule has 1 aromatic rings. The highest BCUT2D eigenvalue weighted by atomic mass is 79.9. The topological polar surface area (TPSA) is 35.5 Å². The van der Waals surface area contributed by atoms with Crippen molar-refractivity contribution in [2.75, 3.05) is 13.7 Å². The summed E-state index contributed by atoms with van der Waals surface area (Å²) in [6, 6.07) is 7.70. The van der Waals surface area contributed by atoms with Crippen molar-refractivity contribution in [1.82, 2.24) is 0 Å². The molecule has 0 radical (unpaired) electrons. The van der Waals surface area contributed by atoms with E-state index in [0.717, 1.165) is 23.1 Å². The van der Waals surface area contributed by atoms with Crippen molar-refractivity contribution in [3.05, 3.63) is 41.4 Å². The lowest BCUT2D eigenvalue weighted by Gasteiger charge is -1.97. The standard InChI is InChI=1S/C7H7BrO.C7H12O2/c1-9-7-4-2-6(8)3-5-7;1-3-5-6-9-7(8)4-2/h2-5H,1H3;4H,2-3,5-6H2,1H3. The van der Waals surface area contributed by atoms with Crippen LogP contribution in [-0.4, -0.2) is 19.7 Å². The van der Waals surface area contributed by atoms with Crippen LogP contribution in [0.3, 0.4) is 0 Å². The quantitative estimate of drug-likeness (QED) is 0.468. The van der Waals surface area contributed by atoms with E-state index in [1.165, 1.54) is 6.08 Å². The van der Waals surface area contributed by atoms with Crippen LogP contribution in [0.4, 0.5) is 0 Å². The lowest BCUT2D eigenvalue weighted by atomic mass is 10.3. The van der Waals surface area contributed by atoms with Gasteiger partial charge in [-0.15, -0.1) is 0 Å². The molecule has 0 saturated carbocycles. The van der Waals surface area contributed by atoms with E-state index in [-0.39, 0.29) is 5.97 Å². The van der Waals surface area contributed by atoms with E-state index in [1.54, 1.807) is 7.11 Å². The number of hydrogen-bond acceptors (Lipinski definition) is 3. The van der Waals surface area contributed by atoms with Crippen LogP contribution in [0.15, 0.2) is 41.4 Å². The summed E-state index contributed by atoms with van der Waals surface area (Å²) < 4.78 is 10.7. The Morgan fingerprint density at radius 3 is 2.44 bits per heavy atom. The maximum Gasteiger partial charge on any atom is 0.330 e. The Hall–Kier alpha value is -1.29. The van der Waals surface area contributed by atoms with Crippen LogP contribution in [-0.2, 0) is 9.53 Å². The minimum absolute atomic E-state index is 0.330. The Labute approximate surface area is 117 Å². The van der Waals surface area contributed by atoms with Gasteiger partial charge in [-0.2, -0.15) is 0 Å². The first-order valence-electron chi connectivity index (χ1n) is 5.72. The second-order valence-corrected chi connectivity index (χ2v) is 4.30. The van der Waals surface area contributed by atoms with Crippen molar-refractivity contribution in [2.24, 2.45) is 0 Å². The molecule has 3 nitrogen and oxygen atoms in total. The zero-order valence-corrected chi connectivity index (χ0v) is 12.4. The third-order valence-corrected chi connectivity index (χ3v) is 2.49. The average molecular weight is 315 g/mol. The third-order valence-electron chi connectivity index (χ3n) is 1.96. The van der Waals surface area contributed by atoms with Crippen LogP contribution in [0.25, 0.3) is 0 Å². The fraction of sp³-hybridized carbons (Fsp3) is 0.357. The monoisotopic (exact) mass is 314 g/mol. The van der Waals surface area contributed by atoms with Crippen molar-refractivity contribution < 1.29 is 14.3 Å². The fourth-order valence-corrected chi connectivity index (χ4v) is 1.21. The van der Waals surface area contributed by atoms with Crippen LogP contribution in [0.2, 0.25) is 0 Å². The molecule has 0 atom stereocenters. The van der Waals surface area contributed by atoms with Crippen LogP contribution in [0.5, 0.6) is 5.75 Å². The van der Waals surface area contributed by atoms with Crippen molar-refractivity contribution in [1.29, 1.82) is 0 Å². The molecule has 0 N–H and O–H groups in total. The molecule has 0 unspecified atom stereocenters. The van der Waals surface area contributed by atoms with Crippen LogP contribution in [0.1, 0.15) is 19.8 Å². The predicted molar refractivity (Wildman–Crippen MR) is 76.8 cm³/mol. The van der Waals surface area contributed by atoms with Crippen molar-refractivity contribution in [3.63, 3.8) is 0 Å². The van der Waals surface area contributed by atoms with Gasteiger partial charge in [0.25, 0.3) is 0 Å². The number of halogens is 1. The molecule has 0 aliphatic rings. The minimum Gasteiger partial charge on any atom is -0.497 e. The maximum absolute atomic E-state index is 10.3. The van der Waals surface area contributed by atoms with E-state index in [9.17, 15) is 4.79 Å². The second-order valence-electron chi connectivity index (χ2n) is 3.38. The molecular formula is C14H19BrO3. The van der Waals surface area contributed by atoms with E-state index < -0.39 is 0 Å². The number of carbonyl (C=O) groups excluding carboxylic acids is 1. The second kappa shape index (κ2) is 10.8. The molecule has 0 heterocycles. The van der Waals surface area contributed by atoms with Gasteiger partial charge < -0.3 is 9.47 Å². The number of methoxy groups -OCH3 is 1. The Kier molecular flexibility index (Phi) is 10.1. The number of hydrogen-bond donors (Lipinski definition) is 0. The van der Waals surface area contributed by atoms with Crippen LogP contribution >= 0.6 is 15.9 Å². The van der Waals surface area contributed by atoms with Gasteiger partial charge >= 0.3 is 5.97 Å². The summed E-state index contributed by atoms with van der Waals surface area (Å²) in [4.78, 5) is 10.3. The summed E-state index contributed by atoms with van der Waals surface area (Å²) in [6.45, 7) is 5.82. The highest BCUT2D eigenvalue weighted by Gasteiger charge is 1.91. The number of ether oxygens (including phenoxy) is 2. The average Bonchev–Trinajstić information content (AvgIpc) is 2.40. The number of benzene rings is 1. The number of carbonyl (C=O) groups is 1. The molecule has 0 aliphatic heterocycles. The molecular weight excluding hydrogens is 296 g/mol. The lowest BCUT2D eigenvalue weighted by molar-refractivity contribution is -0.137. The summed E-state index contributed by atoms with van der Waals surface area (Å²) in [5, 5.41) is 0. The number of rotatable bonds is 5. The van der Waals surface area contributed by atoms with E-state index in [1.807, 2.05) is 31.2 Å². The van der Waals surface area contributed by atoms with Gasteiger partial charge in [0.1, 0.15) is 5.75 Å². The van der Waals surface area contributed by atoms with Gasteiger partial charge in [-0.25, -0.2) is 4.79 Å². The molecule has 0 amide bonds. The first-order valence-corrected chi connectivity index (χ1v) is 6.52. The summed E-state index contributed by atoms with van der Waals surface area (Å²) in [7, 11) is 1.66. The molecule has 100 valence electrons. The summed E-state index contributed by atoms with van der Waals surface area (Å²) in [5.41, 5.74) is 0. The van der Waals surface area contributed by atoms with Crippen molar-refractivity contribution in [2.45, 2.75) is 19.8 Å². The molecule has 1 aromatic carbocycles. The smallest absolute Gasteiger partial charge is 0.330 e. The number of unbranched alkanes of at least 4 members (excludes halogenated alkanes) is 1. The minimum atomic E-state index is -0.330. The molecule has 0 bridgehead atoms. The first kappa shape index (κ1) is 16.7. The zero-order valence-electron chi connectivity index (χ0n) is 10.8. The summed E-state index contributed by atoms with van der Waals surface area (Å²) in [6.07, 6.45) is 3.15. The van der Waals surface area contributed by atoms with E-state index in [4.69, 9.17) is 4.74 Å². The molecule has 0 aliphatic carbocycles. The van der Waals surface area contributed by atoms with Gasteiger partial charge in [-0.05, 0) is 30.7 Å². The molecule has 0 spiro atoms. The molecule has 4 heteroatoms. The Morgan fingerprint density at radius 2 is 2.00 bits per heavy atom. The van der Waals surface area contributed by atoms with Crippen molar-refractivity contribution in [3.8, 4) is 5.75 Å². The first-order chi connectivity index (χ1) is 8.63. The van der Waals surface area contributed by atoms with Crippen LogP contribution < -0.4 is 4.74 Å². The fourth-order valence-electron chi connectivity index (χ4n) is 0.947. The summed E-state index contributed by atoms with van der Waals surface area (Å²) in [5.74, 6) is 0.557. The van der Waals surface area contributed by atoms with E-state index in [2.05, 4.69) is 27.2 Å².